The highest BCUT2D eigenvalue weighted by Gasteiger charge is 2.20. The zero-order chi connectivity index (χ0) is 16.5. The molecule has 128 valence electrons. The first-order valence-corrected chi connectivity index (χ1v) is 8.65. The molecule has 5 nitrogen and oxygen atoms in total. The van der Waals surface area contributed by atoms with Crippen LogP contribution >= 0.6 is 11.6 Å². The molecule has 0 saturated carbocycles. The Morgan fingerprint density at radius 3 is 2.65 bits per heavy atom. The second-order valence-corrected chi connectivity index (χ2v) is 5.91. The van der Waals surface area contributed by atoms with E-state index < -0.39 is 0 Å². The van der Waals surface area contributed by atoms with Crippen molar-refractivity contribution in [1.82, 2.24) is 10.2 Å². The fourth-order valence-corrected chi connectivity index (χ4v) is 2.94. The van der Waals surface area contributed by atoms with E-state index in [1.807, 2.05) is 18.2 Å². The molecule has 1 heterocycles. The normalized spacial score (nSPS) is 15.9. The minimum atomic E-state index is 0.753. The van der Waals surface area contributed by atoms with Crippen molar-refractivity contribution in [2.75, 3.05) is 57.9 Å². The smallest absolute Gasteiger partial charge is 0.194 e. The maximum Gasteiger partial charge on any atom is 0.194 e. The molecule has 0 spiro atoms. The Kier molecular flexibility index (Phi) is 7.49. The number of hydrogen-bond acceptors (Lipinski definition) is 3. The number of ether oxygens (including phenoxy) is 1. The van der Waals surface area contributed by atoms with Crippen LogP contribution in [0.1, 0.15) is 13.3 Å². The van der Waals surface area contributed by atoms with Crippen molar-refractivity contribution >= 4 is 23.2 Å². The van der Waals surface area contributed by atoms with Gasteiger partial charge in [0, 0.05) is 53.0 Å². The van der Waals surface area contributed by atoms with Gasteiger partial charge in [-0.05, 0) is 25.5 Å². The quantitative estimate of drug-likeness (QED) is 0.491. The molecule has 0 unspecified atom stereocenters. The lowest BCUT2D eigenvalue weighted by atomic mass is 10.2. The van der Waals surface area contributed by atoms with Gasteiger partial charge in [0.25, 0.3) is 0 Å². The summed E-state index contributed by atoms with van der Waals surface area (Å²) >= 11 is 6.30. The summed E-state index contributed by atoms with van der Waals surface area (Å²) in [6.07, 6.45) is 0.949. The van der Waals surface area contributed by atoms with E-state index in [2.05, 4.69) is 28.1 Å². The van der Waals surface area contributed by atoms with Crippen LogP contribution in [-0.4, -0.2) is 63.8 Å². The van der Waals surface area contributed by atoms with E-state index in [0.717, 1.165) is 69.0 Å². The summed E-state index contributed by atoms with van der Waals surface area (Å²) in [5.74, 6) is 1.00. The van der Waals surface area contributed by atoms with Crippen molar-refractivity contribution < 1.29 is 4.74 Å². The largest absolute Gasteiger partial charge is 0.385 e. The molecular weight excluding hydrogens is 312 g/mol. The first kappa shape index (κ1) is 17.9. The van der Waals surface area contributed by atoms with Crippen molar-refractivity contribution in [3.63, 3.8) is 0 Å². The fraction of sp³-hybridized carbons (Fsp3) is 0.588. The van der Waals surface area contributed by atoms with E-state index in [-0.39, 0.29) is 0 Å². The zero-order valence-corrected chi connectivity index (χ0v) is 14.9. The van der Waals surface area contributed by atoms with Crippen LogP contribution in [0, 0.1) is 0 Å². The third kappa shape index (κ3) is 5.29. The second-order valence-electron chi connectivity index (χ2n) is 5.51. The van der Waals surface area contributed by atoms with Crippen molar-refractivity contribution in [2.45, 2.75) is 13.3 Å². The standard InChI is InChI=1S/C17H27ClN4O/c1-3-19-17(20-9-6-14-23-2)22-12-10-21(11-13-22)16-8-5-4-7-15(16)18/h4-5,7-8H,3,6,9-14H2,1-2H3,(H,19,20). The Morgan fingerprint density at radius 1 is 1.26 bits per heavy atom. The lowest BCUT2D eigenvalue weighted by Gasteiger charge is -2.38. The van der Waals surface area contributed by atoms with Crippen LogP contribution in [0.4, 0.5) is 5.69 Å². The SMILES string of the molecule is CCNC(=NCCCOC)N1CCN(c2ccccc2Cl)CC1. The molecule has 1 aromatic rings. The highest BCUT2D eigenvalue weighted by atomic mass is 35.5. The molecule has 6 heteroatoms. The number of methoxy groups -OCH3 is 1. The number of hydrogen-bond donors (Lipinski definition) is 1. The minimum Gasteiger partial charge on any atom is -0.385 e. The topological polar surface area (TPSA) is 40.1 Å². The fourth-order valence-electron chi connectivity index (χ4n) is 2.69. The lowest BCUT2D eigenvalue weighted by molar-refractivity contribution is 0.197. The van der Waals surface area contributed by atoms with Crippen molar-refractivity contribution in [3.8, 4) is 0 Å². The van der Waals surface area contributed by atoms with Crippen molar-refractivity contribution in [1.29, 1.82) is 0 Å². The molecule has 1 aromatic carbocycles. The predicted octanol–water partition coefficient (Wildman–Crippen LogP) is 2.46. The Balaban J connectivity index is 1.91. The number of para-hydroxylation sites is 1. The molecular formula is C17H27ClN4O. The third-order valence-electron chi connectivity index (χ3n) is 3.88. The number of nitrogens with zero attached hydrogens (tertiary/aromatic N) is 3. The van der Waals surface area contributed by atoms with E-state index in [0.29, 0.717) is 0 Å². The Morgan fingerprint density at radius 2 is 2.00 bits per heavy atom. The van der Waals surface area contributed by atoms with E-state index in [1.165, 1.54) is 0 Å². The molecule has 1 fully saturated rings. The zero-order valence-electron chi connectivity index (χ0n) is 14.1. The van der Waals surface area contributed by atoms with Gasteiger partial charge in [0.1, 0.15) is 0 Å². The first-order chi connectivity index (χ1) is 11.3. The van der Waals surface area contributed by atoms with Crippen LogP contribution in [0.15, 0.2) is 29.3 Å². The van der Waals surface area contributed by atoms with E-state index >= 15 is 0 Å². The number of aliphatic imine (C=N–C) groups is 1. The van der Waals surface area contributed by atoms with Gasteiger partial charge < -0.3 is 19.9 Å². The van der Waals surface area contributed by atoms with Gasteiger partial charge in [-0.25, -0.2) is 0 Å². The van der Waals surface area contributed by atoms with Crippen molar-refractivity contribution in [2.24, 2.45) is 4.99 Å². The van der Waals surface area contributed by atoms with E-state index in [4.69, 9.17) is 21.3 Å². The number of benzene rings is 1. The first-order valence-electron chi connectivity index (χ1n) is 8.28. The van der Waals surface area contributed by atoms with Crippen LogP contribution in [-0.2, 0) is 4.74 Å². The number of nitrogens with one attached hydrogen (secondary N) is 1. The molecule has 0 bridgehead atoms. The third-order valence-corrected chi connectivity index (χ3v) is 4.19. The number of anilines is 1. The highest BCUT2D eigenvalue weighted by Crippen LogP contribution is 2.25. The predicted molar refractivity (Wildman–Crippen MR) is 97.7 cm³/mol. The van der Waals surface area contributed by atoms with Crippen LogP contribution in [0.25, 0.3) is 0 Å². The minimum absolute atomic E-state index is 0.753. The Bertz CT molecular complexity index is 501. The highest BCUT2D eigenvalue weighted by molar-refractivity contribution is 6.33. The molecule has 1 N–H and O–H groups in total. The van der Waals surface area contributed by atoms with Crippen molar-refractivity contribution in [3.05, 3.63) is 29.3 Å². The summed E-state index contributed by atoms with van der Waals surface area (Å²) in [4.78, 5) is 9.36. The summed E-state index contributed by atoms with van der Waals surface area (Å²) in [7, 11) is 1.73. The second kappa shape index (κ2) is 9.63. The molecule has 0 atom stereocenters. The maximum atomic E-state index is 6.30. The van der Waals surface area contributed by atoms with E-state index in [9.17, 15) is 0 Å². The molecule has 0 aliphatic carbocycles. The summed E-state index contributed by atoms with van der Waals surface area (Å²) in [5, 5.41) is 4.21. The molecule has 0 radical (unpaired) electrons. The Labute approximate surface area is 144 Å². The van der Waals surface area contributed by atoms with Crippen LogP contribution in [0.5, 0.6) is 0 Å². The van der Waals surface area contributed by atoms with Crippen LogP contribution in [0.2, 0.25) is 5.02 Å². The van der Waals surface area contributed by atoms with Gasteiger partial charge in [-0.2, -0.15) is 0 Å². The summed E-state index contributed by atoms with van der Waals surface area (Å²) < 4.78 is 5.08. The number of rotatable bonds is 6. The molecule has 0 amide bonds. The number of guanidine groups is 1. The molecule has 1 aliphatic rings. The average molecular weight is 339 g/mol. The average Bonchev–Trinajstić information content (AvgIpc) is 2.58. The van der Waals surface area contributed by atoms with Gasteiger partial charge in [0.15, 0.2) is 5.96 Å². The van der Waals surface area contributed by atoms with Gasteiger partial charge in [0.05, 0.1) is 10.7 Å². The van der Waals surface area contributed by atoms with Gasteiger partial charge in [-0.1, -0.05) is 23.7 Å². The van der Waals surface area contributed by atoms with Gasteiger partial charge in [0.2, 0.25) is 0 Å². The van der Waals surface area contributed by atoms with Gasteiger partial charge in [-0.3, -0.25) is 4.99 Å². The lowest BCUT2D eigenvalue weighted by Crippen LogP contribution is -2.52. The number of halogens is 1. The molecule has 1 saturated heterocycles. The number of piperazine rings is 1. The van der Waals surface area contributed by atoms with Crippen LogP contribution < -0.4 is 10.2 Å². The van der Waals surface area contributed by atoms with E-state index in [1.54, 1.807) is 7.11 Å². The maximum absolute atomic E-state index is 6.30. The monoisotopic (exact) mass is 338 g/mol. The molecule has 0 aromatic heterocycles. The summed E-state index contributed by atoms with van der Waals surface area (Å²) in [6.45, 7) is 8.32. The van der Waals surface area contributed by atoms with Gasteiger partial charge >= 0.3 is 0 Å². The van der Waals surface area contributed by atoms with Gasteiger partial charge in [-0.15, -0.1) is 0 Å². The molecule has 23 heavy (non-hydrogen) atoms. The summed E-state index contributed by atoms with van der Waals surface area (Å²) in [5.41, 5.74) is 1.12. The summed E-state index contributed by atoms with van der Waals surface area (Å²) in [6, 6.07) is 8.04. The molecule has 2 rings (SSSR count). The molecule has 1 aliphatic heterocycles. The van der Waals surface area contributed by atoms with Crippen LogP contribution in [0.3, 0.4) is 0 Å². The Hall–Kier alpha value is -1.46.